The van der Waals surface area contributed by atoms with Crippen LogP contribution in [-0.2, 0) is 32.2 Å². The fourth-order valence-corrected chi connectivity index (χ4v) is 4.06. The highest BCUT2D eigenvalue weighted by molar-refractivity contribution is 5.88. The zero-order valence-corrected chi connectivity index (χ0v) is 24.1. The van der Waals surface area contributed by atoms with Crippen molar-refractivity contribution < 1.29 is 28.2 Å². The number of alkyl carbamates (subject to hydrolysis) is 1. The van der Waals surface area contributed by atoms with Gasteiger partial charge in [0.05, 0.1) is 5.69 Å². The summed E-state index contributed by atoms with van der Waals surface area (Å²) in [6.07, 6.45) is -1.64. The van der Waals surface area contributed by atoms with E-state index in [1.807, 2.05) is 81.4 Å². The van der Waals surface area contributed by atoms with Crippen molar-refractivity contribution in [1.82, 2.24) is 10.2 Å². The number of ether oxygens (including phenoxy) is 2. The molecule has 3 rings (SSSR count). The highest BCUT2D eigenvalue weighted by Crippen LogP contribution is 2.28. The number of carbonyl (C=O) groups excluding carboxylic acids is 3. The van der Waals surface area contributed by atoms with Crippen LogP contribution < -0.4 is 10.6 Å². The molecule has 218 valence electrons. The molecule has 2 atom stereocenters. The van der Waals surface area contributed by atoms with Crippen molar-refractivity contribution in [1.29, 1.82) is 0 Å². The maximum atomic E-state index is 14.9. The molecule has 0 aliphatic carbocycles. The van der Waals surface area contributed by atoms with Gasteiger partial charge < -0.3 is 20.1 Å². The molecule has 0 fully saturated rings. The molecule has 3 aromatic carbocycles. The monoisotopic (exact) mass is 563 g/mol. The van der Waals surface area contributed by atoms with E-state index in [1.54, 1.807) is 6.07 Å². The molecule has 9 heteroatoms. The summed E-state index contributed by atoms with van der Waals surface area (Å²) in [6.45, 7) is 9.78. The largest absolute Gasteiger partial charge is 0.455 e. The van der Waals surface area contributed by atoms with Crippen LogP contribution in [0.4, 0.5) is 14.9 Å². The molecule has 3 aromatic rings. The van der Waals surface area contributed by atoms with Gasteiger partial charge in [-0.25, -0.2) is 14.0 Å². The lowest BCUT2D eigenvalue weighted by molar-refractivity contribution is -0.153. The molecule has 0 bridgehead atoms. The van der Waals surface area contributed by atoms with Crippen molar-refractivity contribution in [3.05, 3.63) is 101 Å². The molecule has 2 amide bonds. The Labute approximate surface area is 240 Å². The van der Waals surface area contributed by atoms with E-state index in [9.17, 15) is 18.8 Å². The Bertz CT molecular complexity index is 1310. The van der Waals surface area contributed by atoms with Crippen molar-refractivity contribution in [2.24, 2.45) is 0 Å². The Morgan fingerprint density at radius 2 is 1.54 bits per heavy atom. The zero-order valence-electron chi connectivity index (χ0n) is 24.1. The highest BCUT2D eigenvalue weighted by Gasteiger charge is 2.30. The highest BCUT2D eigenvalue weighted by atomic mass is 19.1. The average molecular weight is 564 g/mol. The van der Waals surface area contributed by atoms with Crippen molar-refractivity contribution in [3.63, 3.8) is 0 Å². The van der Waals surface area contributed by atoms with Crippen LogP contribution in [0.15, 0.2) is 78.9 Å². The third-order valence-electron chi connectivity index (χ3n) is 6.39. The first-order valence-electron chi connectivity index (χ1n) is 13.5. The number of amides is 2. The maximum Gasteiger partial charge on any atom is 0.408 e. The number of esters is 1. The maximum absolute atomic E-state index is 14.9. The predicted molar refractivity (Wildman–Crippen MR) is 155 cm³/mol. The van der Waals surface area contributed by atoms with Crippen LogP contribution in [0.1, 0.15) is 57.4 Å². The normalized spacial score (nSPS) is 12.8. The summed E-state index contributed by atoms with van der Waals surface area (Å²) in [4.78, 5) is 39.1. The molecule has 2 N–H and O–H groups in total. The third kappa shape index (κ3) is 10.0. The van der Waals surface area contributed by atoms with E-state index >= 15 is 0 Å². The second kappa shape index (κ2) is 14.4. The van der Waals surface area contributed by atoms with Crippen LogP contribution in [-0.4, -0.2) is 41.0 Å². The second-order valence-corrected chi connectivity index (χ2v) is 10.8. The number of nitrogens with zero attached hydrogens (tertiary/aromatic N) is 1. The summed E-state index contributed by atoms with van der Waals surface area (Å²) in [7, 11) is 0. The SMILES string of the molecule is CC(=O)Nc1ccc(C(CN(Cc2ccccc2)C(C)(C)C)OC(=O)[C@H](C)NC(=O)OCc2ccccc2)cc1F. The number of nitrogens with one attached hydrogen (secondary N) is 2. The Hall–Kier alpha value is -4.24. The van der Waals surface area contributed by atoms with E-state index in [-0.39, 0.29) is 24.4 Å². The van der Waals surface area contributed by atoms with Crippen molar-refractivity contribution in [2.45, 2.75) is 65.5 Å². The van der Waals surface area contributed by atoms with E-state index < -0.39 is 35.9 Å². The topological polar surface area (TPSA) is 97.0 Å². The van der Waals surface area contributed by atoms with Gasteiger partial charge in [0.25, 0.3) is 0 Å². The number of benzene rings is 3. The third-order valence-corrected chi connectivity index (χ3v) is 6.39. The van der Waals surface area contributed by atoms with Crippen LogP contribution in [0.5, 0.6) is 0 Å². The first-order chi connectivity index (χ1) is 19.4. The summed E-state index contributed by atoms with van der Waals surface area (Å²) in [5.74, 6) is -1.76. The van der Waals surface area contributed by atoms with Gasteiger partial charge in [-0.2, -0.15) is 0 Å². The quantitative estimate of drug-likeness (QED) is 0.279. The van der Waals surface area contributed by atoms with Crippen LogP contribution in [0.3, 0.4) is 0 Å². The summed E-state index contributed by atoms with van der Waals surface area (Å²) >= 11 is 0. The van der Waals surface area contributed by atoms with Gasteiger partial charge in [-0.1, -0.05) is 66.7 Å². The fourth-order valence-electron chi connectivity index (χ4n) is 4.06. The second-order valence-electron chi connectivity index (χ2n) is 10.8. The first kappa shape index (κ1) is 31.3. The van der Waals surface area contributed by atoms with E-state index in [2.05, 4.69) is 15.5 Å². The molecule has 0 aliphatic rings. The number of hydrogen-bond donors (Lipinski definition) is 2. The molecule has 8 nitrogen and oxygen atoms in total. The van der Waals surface area contributed by atoms with E-state index in [4.69, 9.17) is 9.47 Å². The lowest BCUT2D eigenvalue weighted by Gasteiger charge is -2.38. The predicted octanol–water partition coefficient (Wildman–Crippen LogP) is 5.98. The van der Waals surface area contributed by atoms with Gasteiger partial charge in [0, 0.05) is 25.6 Å². The fraction of sp³-hybridized carbons (Fsp3) is 0.344. The molecule has 0 spiro atoms. The van der Waals surface area contributed by atoms with Crippen molar-refractivity contribution in [3.8, 4) is 0 Å². The van der Waals surface area contributed by atoms with E-state index in [1.165, 1.54) is 26.0 Å². The van der Waals surface area contributed by atoms with Crippen LogP contribution in [0.25, 0.3) is 0 Å². The minimum Gasteiger partial charge on any atom is -0.455 e. The molecule has 0 radical (unpaired) electrons. The molecule has 0 aliphatic heterocycles. The Morgan fingerprint density at radius 1 is 0.927 bits per heavy atom. The van der Waals surface area contributed by atoms with E-state index in [0.29, 0.717) is 12.1 Å². The standard InChI is InChI=1S/C32H38FN3O5/c1-22(34-31(39)40-21-25-14-10-7-11-15-25)30(38)41-29(26-16-17-28(27(33)18-26)35-23(2)37)20-36(32(3,4)5)19-24-12-8-6-9-13-24/h6-18,22,29H,19-21H2,1-5H3,(H,34,39)(H,35,37)/t22-,29?/m0/s1. The molecule has 0 heterocycles. The lowest BCUT2D eigenvalue weighted by atomic mass is 10.0. The van der Waals surface area contributed by atoms with Crippen LogP contribution >= 0.6 is 0 Å². The number of rotatable bonds is 11. The van der Waals surface area contributed by atoms with Gasteiger partial charge in [-0.15, -0.1) is 0 Å². The van der Waals surface area contributed by atoms with Crippen LogP contribution in [0, 0.1) is 5.82 Å². The lowest BCUT2D eigenvalue weighted by Crippen LogP contribution is -2.45. The summed E-state index contributed by atoms with van der Waals surface area (Å²) in [6, 6.07) is 22.3. The molecule has 1 unspecified atom stereocenters. The summed E-state index contributed by atoms with van der Waals surface area (Å²) in [5, 5.41) is 4.95. The molecular formula is C32H38FN3O5. The molecule has 0 saturated carbocycles. The Balaban J connectivity index is 1.79. The smallest absolute Gasteiger partial charge is 0.408 e. The van der Waals surface area contributed by atoms with Gasteiger partial charge >= 0.3 is 12.1 Å². The molecule has 41 heavy (non-hydrogen) atoms. The minimum absolute atomic E-state index is 0.0273. The minimum atomic E-state index is -1.03. The number of hydrogen-bond acceptors (Lipinski definition) is 6. The molecular weight excluding hydrogens is 525 g/mol. The number of carbonyl (C=O) groups is 3. The van der Waals surface area contributed by atoms with Crippen LogP contribution in [0.2, 0.25) is 0 Å². The van der Waals surface area contributed by atoms with Gasteiger partial charge in [-0.05, 0) is 56.5 Å². The van der Waals surface area contributed by atoms with Gasteiger partial charge in [0.15, 0.2) is 0 Å². The van der Waals surface area contributed by atoms with Crippen molar-refractivity contribution >= 4 is 23.7 Å². The van der Waals surface area contributed by atoms with Gasteiger partial charge in [0.1, 0.15) is 24.6 Å². The summed E-state index contributed by atoms with van der Waals surface area (Å²) in [5.41, 5.74) is 1.98. The molecule has 0 saturated heterocycles. The number of anilines is 1. The van der Waals surface area contributed by atoms with Gasteiger partial charge in [0.2, 0.25) is 5.91 Å². The first-order valence-corrected chi connectivity index (χ1v) is 13.5. The van der Waals surface area contributed by atoms with E-state index in [0.717, 1.165) is 11.1 Å². The zero-order chi connectivity index (χ0) is 30.0. The van der Waals surface area contributed by atoms with Gasteiger partial charge in [-0.3, -0.25) is 9.69 Å². The number of halogens is 1. The Kier molecular flexibility index (Phi) is 11.0. The Morgan fingerprint density at radius 3 is 2.10 bits per heavy atom. The van der Waals surface area contributed by atoms with Crippen molar-refractivity contribution in [2.75, 3.05) is 11.9 Å². The average Bonchev–Trinajstić information content (AvgIpc) is 2.92. The molecule has 0 aromatic heterocycles. The summed E-state index contributed by atoms with van der Waals surface area (Å²) < 4.78 is 26.1.